The van der Waals surface area contributed by atoms with Crippen molar-refractivity contribution in [3.8, 4) is 0 Å². The van der Waals surface area contributed by atoms with Gasteiger partial charge in [-0.15, -0.1) is 0 Å². The first kappa shape index (κ1) is 10.8. The van der Waals surface area contributed by atoms with Crippen LogP contribution in [0.4, 0.5) is 4.39 Å². The van der Waals surface area contributed by atoms with Crippen molar-refractivity contribution in [3.05, 3.63) is 53.6 Å². The van der Waals surface area contributed by atoms with E-state index in [0.717, 1.165) is 11.3 Å². The number of rotatable bonds is 3. The molecule has 3 nitrogen and oxygen atoms in total. The lowest BCUT2D eigenvalue weighted by Crippen LogP contribution is -2.18. The van der Waals surface area contributed by atoms with Crippen LogP contribution in [0.1, 0.15) is 17.3 Å². The van der Waals surface area contributed by atoms with Crippen molar-refractivity contribution in [2.75, 3.05) is 0 Å². The summed E-state index contributed by atoms with van der Waals surface area (Å²) in [4.78, 5) is 0. The molecule has 1 aromatic heterocycles. The zero-order valence-electron chi connectivity index (χ0n) is 9.10. The van der Waals surface area contributed by atoms with Gasteiger partial charge in [0.25, 0.3) is 0 Å². The number of nitrogens with zero attached hydrogens (tertiary/aromatic N) is 2. The lowest BCUT2D eigenvalue weighted by Gasteiger charge is -2.12. The first-order chi connectivity index (χ1) is 7.65. The molecule has 0 amide bonds. The second-order valence-corrected chi connectivity index (χ2v) is 3.84. The van der Waals surface area contributed by atoms with Crippen LogP contribution in [-0.2, 0) is 6.54 Å². The minimum absolute atomic E-state index is 0.241. The Hall–Kier alpha value is -1.68. The van der Waals surface area contributed by atoms with Crippen molar-refractivity contribution in [2.24, 2.45) is 5.73 Å². The second-order valence-electron chi connectivity index (χ2n) is 3.84. The molecule has 0 fully saturated rings. The number of hydrogen-bond acceptors (Lipinski definition) is 2. The maximum atomic E-state index is 13.0. The minimum atomic E-state index is -0.260. The van der Waals surface area contributed by atoms with Gasteiger partial charge in [0.15, 0.2) is 0 Å². The molecule has 16 heavy (non-hydrogen) atoms. The van der Waals surface area contributed by atoms with E-state index in [1.807, 2.05) is 25.3 Å². The molecule has 4 heteroatoms. The van der Waals surface area contributed by atoms with Crippen molar-refractivity contribution >= 4 is 0 Å². The monoisotopic (exact) mass is 219 g/mol. The normalized spacial score (nSPS) is 12.7. The Kier molecular flexibility index (Phi) is 3.01. The fourth-order valence-corrected chi connectivity index (χ4v) is 1.61. The highest BCUT2D eigenvalue weighted by Gasteiger charge is 2.08. The summed E-state index contributed by atoms with van der Waals surface area (Å²) in [7, 11) is 0. The first-order valence-corrected chi connectivity index (χ1v) is 5.16. The summed E-state index contributed by atoms with van der Waals surface area (Å²) in [5, 5.41) is 4.24. The largest absolute Gasteiger partial charge is 0.322 e. The zero-order chi connectivity index (χ0) is 11.5. The number of aromatic nitrogens is 2. The van der Waals surface area contributed by atoms with E-state index in [2.05, 4.69) is 5.10 Å². The molecule has 2 rings (SSSR count). The molecule has 1 unspecified atom stereocenters. The van der Waals surface area contributed by atoms with Gasteiger partial charge < -0.3 is 5.73 Å². The van der Waals surface area contributed by atoms with E-state index in [1.165, 1.54) is 12.1 Å². The Labute approximate surface area is 93.7 Å². The molecule has 0 saturated heterocycles. The Morgan fingerprint density at radius 2 is 2.25 bits per heavy atom. The topological polar surface area (TPSA) is 43.8 Å². The molecule has 1 aromatic carbocycles. The van der Waals surface area contributed by atoms with Crippen LogP contribution >= 0.6 is 0 Å². The third-order valence-corrected chi connectivity index (χ3v) is 2.43. The number of halogens is 1. The van der Waals surface area contributed by atoms with E-state index in [-0.39, 0.29) is 11.9 Å². The Morgan fingerprint density at radius 3 is 2.88 bits per heavy atom. The molecule has 1 atom stereocenters. The second kappa shape index (κ2) is 4.45. The van der Waals surface area contributed by atoms with Gasteiger partial charge in [0.2, 0.25) is 0 Å². The first-order valence-electron chi connectivity index (χ1n) is 5.16. The number of aryl methyl sites for hydroxylation is 1. The Morgan fingerprint density at radius 1 is 1.44 bits per heavy atom. The molecule has 0 spiro atoms. The van der Waals surface area contributed by atoms with Gasteiger partial charge in [-0.2, -0.15) is 5.10 Å². The number of benzene rings is 1. The molecule has 0 aliphatic rings. The van der Waals surface area contributed by atoms with Crippen LogP contribution < -0.4 is 5.73 Å². The van der Waals surface area contributed by atoms with Crippen LogP contribution in [0.5, 0.6) is 0 Å². The van der Waals surface area contributed by atoms with Crippen LogP contribution in [0.3, 0.4) is 0 Å². The van der Waals surface area contributed by atoms with E-state index in [0.29, 0.717) is 6.54 Å². The molecule has 0 aliphatic heterocycles. The predicted molar refractivity (Wildman–Crippen MR) is 60.3 cm³/mol. The molecule has 2 N–H and O–H groups in total. The Balaban J connectivity index is 2.11. The van der Waals surface area contributed by atoms with Crippen LogP contribution in [0.15, 0.2) is 36.5 Å². The lowest BCUT2D eigenvalue weighted by molar-refractivity contribution is 0.521. The van der Waals surface area contributed by atoms with Gasteiger partial charge >= 0.3 is 0 Å². The maximum Gasteiger partial charge on any atom is 0.123 e. The molecule has 2 aromatic rings. The molecule has 0 bridgehead atoms. The van der Waals surface area contributed by atoms with Gasteiger partial charge in [0, 0.05) is 12.2 Å². The summed E-state index contributed by atoms with van der Waals surface area (Å²) >= 11 is 0. The van der Waals surface area contributed by atoms with Gasteiger partial charge in [0.05, 0.1) is 12.2 Å². The fraction of sp³-hybridized carbons (Fsp3) is 0.250. The van der Waals surface area contributed by atoms with E-state index in [9.17, 15) is 4.39 Å². The van der Waals surface area contributed by atoms with Gasteiger partial charge in [-0.25, -0.2) is 4.39 Å². The molecule has 84 valence electrons. The van der Waals surface area contributed by atoms with E-state index in [1.54, 1.807) is 10.7 Å². The van der Waals surface area contributed by atoms with Crippen molar-refractivity contribution in [1.82, 2.24) is 9.78 Å². The third kappa shape index (κ3) is 2.46. The highest BCUT2D eigenvalue weighted by molar-refractivity contribution is 5.19. The van der Waals surface area contributed by atoms with Gasteiger partial charge in [0.1, 0.15) is 5.82 Å². The summed E-state index contributed by atoms with van der Waals surface area (Å²) in [6, 6.07) is 8.03. The van der Waals surface area contributed by atoms with Crippen LogP contribution in [0.25, 0.3) is 0 Å². The van der Waals surface area contributed by atoms with Gasteiger partial charge in [-0.3, -0.25) is 4.68 Å². The van der Waals surface area contributed by atoms with E-state index >= 15 is 0 Å². The van der Waals surface area contributed by atoms with Gasteiger partial charge in [-0.1, -0.05) is 12.1 Å². The minimum Gasteiger partial charge on any atom is -0.322 e. The molecular weight excluding hydrogens is 205 g/mol. The summed E-state index contributed by atoms with van der Waals surface area (Å²) < 4.78 is 14.8. The van der Waals surface area contributed by atoms with Crippen LogP contribution in [0.2, 0.25) is 0 Å². The van der Waals surface area contributed by atoms with E-state index < -0.39 is 0 Å². The summed E-state index contributed by atoms with van der Waals surface area (Å²) in [5.74, 6) is -0.260. The molecule has 0 saturated carbocycles. The average molecular weight is 219 g/mol. The SMILES string of the molecule is Cc1ccn(CC(N)c2cccc(F)c2)n1. The molecule has 0 radical (unpaired) electrons. The molecule has 1 heterocycles. The summed E-state index contributed by atoms with van der Waals surface area (Å²) in [6.45, 7) is 2.47. The standard InChI is InChI=1S/C12H14FN3/c1-9-5-6-16(15-9)8-12(14)10-3-2-4-11(13)7-10/h2-7,12H,8,14H2,1H3. The highest BCUT2D eigenvalue weighted by Crippen LogP contribution is 2.13. The Bertz CT molecular complexity index is 479. The lowest BCUT2D eigenvalue weighted by atomic mass is 10.1. The quantitative estimate of drug-likeness (QED) is 0.858. The third-order valence-electron chi connectivity index (χ3n) is 2.43. The summed E-state index contributed by atoms with van der Waals surface area (Å²) in [6.07, 6.45) is 1.87. The predicted octanol–water partition coefficient (Wildman–Crippen LogP) is 2.03. The number of hydrogen-bond donors (Lipinski definition) is 1. The van der Waals surface area contributed by atoms with Crippen molar-refractivity contribution < 1.29 is 4.39 Å². The van der Waals surface area contributed by atoms with E-state index in [4.69, 9.17) is 5.73 Å². The van der Waals surface area contributed by atoms with Crippen LogP contribution in [-0.4, -0.2) is 9.78 Å². The molecular formula is C12H14FN3. The van der Waals surface area contributed by atoms with Crippen molar-refractivity contribution in [3.63, 3.8) is 0 Å². The maximum absolute atomic E-state index is 13.0. The van der Waals surface area contributed by atoms with Gasteiger partial charge in [-0.05, 0) is 30.7 Å². The van der Waals surface area contributed by atoms with Crippen molar-refractivity contribution in [2.45, 2.75) is 19.5 Å². The van der Waals surface area contributed by atoms with Crippen molar-refractivity contribution in [1.29, 1.82) is 0 Å². The zero-order valence-corrected chi connectivity index (χ0v) is 9.10. The summed E-state index contributed by atoms with van der Waals surface area (Å²) in [5.41, 5.74) is 7.71. The molecule has 0 aliphatic carbocycles. The average Bonchev–Trinajstić information content (AvgIpc) is 2.64. The highest BCUT2D eigenvalue weighted by atomic mass is 19.1. The smallest absolute Gasteiger partial charge is 0.123 e. The fourth-order valence-electron chi connectivity index (χ4n) is 1.61. The van der Waals surface area contributed by atoms with Crippen LogP contribution in [0, 0.1) is 12.7 Å². The number of nitrogens with two attached hydrogens (primary N) is 1.